The van der Waals surface area contributed by atoms with Crippen LogP contribution in [0.2, 0.25) is 0 Å². The van der Waals surface area contributed by atoms with Crippen molar-refractivity contribution < 1.29 is 4.79 Å². The monoisotopic (exact) mass is 366 g/mol. The minimum atomic E-state index is -0.0554. The maximum absolute atomic E-state index is 12.7. The molecule has 134 valence electrons. The molecule has 0 fully saturated rings. The molecule has 3 heterocycles. The molecule has 3 aromatic rings. The Kier molecular flexibility index (Phi) is 4.84. The molecule has 26 heavy (non-hydrogen) atoms. The summed E-state index contributed by atoms with van der Waals surface area (Å²) in [6.07, 6.45) is 8.11. The predicted molar refractivity (Wildman–Crippen MR) is 104 cm³/mol. The van der Waals surface area contributed by atoms with Crippen molar-refractivity contribution in [2.24, 2.45) is 5.92 Å². The number of carbonyl (C=O) groups is 1. The summed E-state index contributed by atoms with van der Waals surface area (Å²) >= 11 is 1.63. The van der Waals surface area contributed by atoms with Crippen molar-refractivity contribution in [1.82, 2.24) is 14.8 Å². The molecule has 0 bridgehead atoms. The fourth-order valence-electron chi connectivity index (χ4n) is 3.45. The molecule has 0 saturated carbocycles. The average Bonchev–Trinajstić information content (AvgIpc) is 3.28. The average molecular weight is 366 g/mol. The van der Waals surface area contributed by atoms with Gasteiger partial charge in [-0.1, -0.05) is 19.4 Å². The molecule has 5 nitrogen and oxygen atoms in total. The highest BCUT2D eigenvalue weighted by molar-refractivity contribution is 7.14. The zero-order valence-corrected chi connectivity index (χ0v) is 15.6. The van der Waals surface area contributed by atoms with Crippen molar-refractivity contribution in [2.45, 2.75) is 39.2 Å². The van der Waals surface area contributed by atoms with Crippen molar-refractivity contribution in [3.8, 4) is 0 Å². The van der Waals surface area contributed by atoms with Crippen molar-refractivity contribution in [3.63, 3.8) is 0 Å². The van der Waals surface area contributed by atoms with Gasteiger partial charge in [-0.25, -0.2) is 4.68 Å². The number of fused-ring (bicyclic) bond motifs is 1. The van der Waals surface area contributed by atoms with Crippen LogP contribution < -0.4 is 5.32 Å². The standard InChI is InChI=1S/C20H22N4OS/c1-2-14-6-7-17-15(11-14)12-18(26-17)20(25)23-19-8-10-22-24(19)13-16-5-3-4-9-21-16/h3-5,8-10,12,14H,2,6-7,11,13H2,1H3,(H,23,25). The van der Waals surface area contributed by atoms with Crippen LogP contribution in [0.15, 0.2) is 42.7 Å². The summed E-state index contributed by atoms with van der Waals surface area (Å²) in [6.45, 7) is 2.78. The van der Waals surface area contributed by atoms with Gasteiger partial charge in [0.1, 0.15) is 5.82 Å². The largest absolute Gasteiger partial charge is 0.306 e. The summed E-state index contributed by atoms with van der Waals surface area (Å²) in [7, 11) is 0. The number of rotatable bonds is 5. The highest BCUT2D eigenvalue weighted by Crippen LogP contribution is 2.33. The van der Waals surface area contributed by atoms with E-state index in [4.69, 9.17) is 0 Å². The Hall–Kier alpha value is -2.47. The molecule has 1 aliphatic carbocycles. The Morgan fingerprint density at radius 3 is 3.08 bits per heavy atom. The van der Waals surface area contributed by atoms with Gasteiger partial charge in [0, 0.05) is 17.1 Å². The van der Waals surface area contributed by atoms with E-state index >= 15 is 0 Å². The summed E-state index contributed by atoms with van der Waals surface area (Å²) in [5.41, 5.74) is 2.27. The van der Waals surface area contributed by atoms with Gasteiger partial charge in [0.25, 0.3) is 5.91 Å². The predicted octanol–water partition coefficient (Wildman–Crippen LogP) is 4.16. The van der Waals surface area contributed by atoms with Crippen LogP contribution in [-0.4, -0.2) is 20.7 Å². The van der Waals surface area contributed by atoms with Gasteiger partial charge in [-0.15, -0.1) is 11.3 Å². The van der Waals surface area contributed by atoms with Crippen molar-refractivity contribution in [3.05, 3.63) is 63.7 Å². The molecule has 1 atom stereocenters. The number of amides is 1. The van der Waals surface area contributed by atoms with Gasteiger partial charge in [-0.05, 0) is 48.9 Å². The van der Waals surface area contributed by atoms with Crippen LogP contribution in [0.3, 0.4) is 0 Å². The maximum Gasteiger partial charge on any atom is 0.266 e. The smallest absolute Gasteiger partial charge is 0.266 e. The Morgan fingerprint density at radius 1 is 1.35 bits per heavy atom. The quantitative estimate of drug-likeness (QED) is 0.738. The second-order valence-corrected chi connectivity index (χ2v) is 7.86. The molecule has 0 radical (unpaired) electrons. The van der Waals surface area contributed by atoms with E-state index < -0.39 is 0 Å². The summed E-state index contributed by atoms with van der Waals surface area (Å²) in [5, 5.41) is 7.32. The highest BCUT2D eigenvalue weighted by Gasteiger charge is 2.22. The number of aryl methyl sites for hydroxylation is 1. The minimum Gasteiger partial charge on any atom is -0.306 e. The van der Waals surface area contributed by atoms with Gasteiger partial charge in [-0.3, -0.25) is 9.78 Å². The zero-order chi connectivity index (χ0) is 17.9. The first-order chi connectivity index (χ1) is 12.7. The van der Waals surface area contributed by atoms with E-state index in [1.165, 1.54) is 23.3 Å². The van der Waals surface area contributed by atoms with E-state index in [9.17, 15) is 4.79 Å². The Morgan fingerprint density at radius 2 is 2.27 bits per heavy atom. The first kappa shape index (κ1) is 17.0. The number of anilines is 1. The third-order valence-electron chi connectivity index (χ3n) is 4.98. The van der Waals surface area contributed by atoms with Crippen molar-refractivity contribution >= 4 is 23.1 Å². The number of nitrogens with one attached hydrogen (secondary N) is 1. The number of carbonyl (C=O) groups excluding carboxylic acids is 1. The van der Waals surface area contributed by atoms with Crippen LogP contribution in [0, 0.1) is 5.92 Å². The lowest BCUT2D eigenvalue weighted by Gasteiger charge is -2.19. The van der Waals surface area contributed by atoms with Crippen molar-refractivity contribution in [2.75, 3.05) is 5.32 Å². The number of hydrogen-bond acceptors (Lipinski definition) is 4. The number of thiophene rings is 1. The van der Waals surface area contributed by atoms with Gasteiger partial charge in [0.05, 0.1) is 23.3 Å². The van der Waals surface area contributed by atoms with E-state index in [0.717, 1.165) is 29.3 Å². The van der Waals surface area contributed by atoms with Gasteiger partial charge in [0.2, 0.25) is 0 Å². The summed E-state index contributed by atoms with van der Waals surface area (Å²) in [6, 6.07) is 9.68. The SMILES string of the molecule is CCC1CCc2sc(C(=O)Nc3ccnn3Cc3ccccn3)cc2C1. The Bertz CT molecular complexity index is 900. The molecule has 0 aliphatic heterocycles. The number of aromatic nitrogens is 3. The molecule has 0 saturated heterocycles. The third kappa shape index (κ3) is 3.55. The number of nitrogens with zero attached hydrogens (tertiary/aromatic N) is 3. The van der Waals surface area contributed by atoms with Crippen LogP contribution in [-0.2, 0) is 19.4 Å². The summed E-state index contributed by atoms with van der Waals surface area (Å²) in [4.78, 5) is 19.2. The lowest BCUT2D eigenvalue weighted by atomic mass is 9.87. The Balaban J connectivity index is 1.48. The van der Waals surface area contributed by atoms with E-state index in [1.807, 2.05) is 24.3 Å². The molecule has 3 aromatic heterocycles. The van der Waals surface area contributed by atoms with Gasteiger partial charge >= 0.3 is 0 Å². The summed E-state index contributed by atoms with van der Waals surface area (Å²) < 4.78 is 1.76. The molecule has 1 N–H and O–H groups in total. The second kappa shape index (κ2) is 7.41. The van der Waals surface area contributed by atoms with Gasteiger partial charge in [-0.2, -0.15) is 5.10 Å². The highest BCUT2D eigenvalue weighted by atomic mass is 32.1. The lowest BCUT2D eigenvalue weighted by molar-refractivity contribution is 0.102. The lowest BCUT2D eigenvalue weighted by Crippen LogP contribution is -2.15. The minimum absolute atomic E-state index is 0.0554. The van der Waals surface area contributed by atoms with Gasteiger partial charge in [0.15, 0.2) is 0 Å². The van der Waals surface area contributed by atoms with E-state index in [0.29, 0.717) is 12.4 Å². The molecular formula is C20H22N4OS. The second-order valence-electron chi connectivity index (χ2n) is 6.73. The van der Waals surface area contributed by atoms with E-state index in [2.05, 4.69) is 28.4 Å². The number of hydrogen-bond donors (Lipinski definition) is 1. The molecule has 1 unspecified atom stereocenters. The van der Waals surface area contributed by atoms with E-state index in [-0.39, 0.29) is 5.91 Å². The van der Waals surface area contributed by atoms with Crippen molar-refractivity contribution in [1.29, 1.82) is 0 Å². The fraction of sp³-hybridized carbons (Fsp3) is 0.350. The molecular weight excluding hydrogens is 344 g/mol. The molecule has 6 heteroatoms. The van der Waals surface area contributed by atoms with Crippen LogP contribution >= 0.6 is 11.3 Å². The maximum atomic E-state index is 12.7. The van der Waals surface area contributed by atoms with E-state index in [1.54, 1.807) is 28.4 Å². The molecule has 1 amide bonds. The number of pyridine rings is 1. The first-order valence-corrected chi connectivity index (χ1v) is 9.89. The third-order valence-corrected chi connectivity index (χ3v) is 6.22. The normalized spacial score (nSPS) is 16.3. The fourth-order valence-corrected chi connectivity index (χ4v) is 4.55. The molecule has 0 spiro atoms. The first-order valence-electron chi connectivity index (χ1n) is 9.07. The van der Waals surface area contributed by atoms with Gasteiger partial charge < -0.3 is 5.32 Å². The molecule has 4 rings (SSSR count). The van der Waals surface area contributed by atoms with Crippen LogP contribution in [0.5, 0.6) is 0 Å². The zero-order valence-electron chi connectivity index (χ0n) is 14.8. The molecule has 1 aliphatic rings. The summed E-state index contributed by atoms with van der Waals surface area (Å²) in [5.74, 6) is 1.39. The van der Waals surface area contributed by atoms with Crippen LogP contribution in [0.25, 0.3) is 0 Å². The molecule has 0 aromatic carbocycles. The Labute approximate surface area is 157 Å². The topological polar surface area (TPSA) is 59.8 Å². The van der Waals surface area contributed by atoms with Crippen LogP contribution in [0.1, 0.15) is 45.6 Å². The van der Waals surface area contributed by atoms with Crippen LogP contribution in [0.4, 0.5) is 5.82 Å².